The molecule has 0 heterocycles. The predicted octanol–water partition coefficient (Wildman–Crippen LogP) is 1.58. The predicted molar refractivity (Wildman–Crippen MR) is 77.5 cm³/mol. The minimum absolute atomic E-state index is 0.0669. The van der Waals surface area contributed by atoms with Crippen LogP contribution in [-0.2, 0) is 9.59 Å². The molecule has 0 unspecified atom stereocenters. The Bertz CT molecular complexity index is 455. The number of aryl methyl sites for hydroxylation is 1. The van der Waals surface area contributed by atoms with Crippen molar-refractivity contribution in [2.24, 2.45) is 0 Å². The van der Waals surface area contributed by atoms with E-state index in [-0.39, 0.29) is 18.4 Å². The quantitative estimate of drug-likeness (QED) is 0.743. The maximum Gasteiger partial charge on any atom is 0.303 e. The number of rotatable bonds is 7. The van der Waals surface area contributed by atoms with Crippen molar-refractivity contribution in [3.05, 3.63) is 35.4 Å². The van der Waals surface area contributed by atoms with Crippen LogP contribution in [0.2, 0.25) is 0 Å². The van der Waals surface area contributed by atoms with Crippen LogP contribution in [0.5, 0.6) is 0 Å². The Morgan fingerprint density at radius 2 is 1.85 bits per heavy atom. The SMILES string of the molecule is Cc1ccc([C@H](C(=O)NCCCC(=O)O)N(C)C)cc1. The van der Waals surface area contributed by atoms with Crippen molar-refractivity contribution in [3.63, 3.8) is 0 Å². The molecule has 1 aromatic carbocycles. The maximum atomic E-state index is 12.2. The zero-order chi connectivity index (χ0) is 15.1. The summed E-state index contributed by atoms with van der Waals surface area (Å²) in [7, 11) is 3.70. The highest BCUT2D eigenvalue weighted by molar-refractivity contribution is 5.83. The molecule has 0 aliphatic heterocycles. The van der Waals surface area contributed by atoms with Gasteiger partial charge >= 0.3 is 5.97 Å². The molecule has 1 amide bonds. The van der Waals surface area contributed by atoms with Crippen LogP contribution in [0.4, 0.5) is 0 Å². The van der Waals surface area contributed by atoms with E-state index in [1.54, 1.807) is 0 Å². The smallest absolute Gasteiger partial charge is 0.303 e. The number of nitrogens with one attached hydrogen (secondary N) is 1. The van der Waals surface area contributed by atoms with Gasteiger partial charge < -0.3 is 10.4 Å². The monoisotopic (exact) mass is 278 g/mol. The van der Waals surface area contributed by atoms with Crippen LogP contribution < -0.4 is 5.32 Å². The zero-order valence-corrected chi connectivity index (χ0v) is 12.2. The molecule has 0 fully saturated rings. The number of carboxylic acid groups (broad SMARTS) is 1. The lowest BCUT2D eigenvalue weighted by atomic mass is 10.0. The summed E-state index contributed by atoms with van der Waals surface area (Å²) in [6.45, 7) is 2.38. The van der Waals surface area contributed by atoms with E-state index in [9.17, 15) is 9.59 Å². The molecule has 0 bridgehead atoms. The molecule has 5 nitrogen and oxygen atoms in total. The number of hydrogen-bond donors (Lipinski definition) is 2. The van der Waals surface area contributed by atoms with Gasteiger partial charge in [-0.15, -0.1) is 0 Å². The van der Waals surface area contributed by atoms with Crippen molar-refractivity contribution >= 4 is 11.9 Å². The summed E-state index contributed by atoms with van der Waals surface area (Å²) >= 11 is 0. The van der Waals surface area contributed by atoms with Gasteiger partial charge in [-0.3, -0.25) is 14.5 Å². The van der Waals surface area contributed by atoms with E-state index >= 15 is 0 Å². The third-order valence-corrected chi connectivity index (χ3v) is 3.02. The van der Waals surface area contributed by atoms with Crippen LogP contribution in [0.25, 0.3) is 0 Å². The molecule has 5 heteroatoms. The van der Waals surface area contributed by atoms with E-state index in [0.717, 1.165) is 11.1 Å². The summed E-state index contributed by atoms with van der Waals surface area (Å²) in [6, 6.07) is 7.47. The van der Waals surface area contributed by atoms with Gasteiger partial charge in [0.1, 0.15) is 6.04 Å². The van der Waals surface area contributed by atoms with Crippen LogP contribution in [-0.4, -0.2) is 42.5 Å². The van der Waals surface area contributed by atoms with Gasteiger partial charge in [0.15, 0.2) is 0 Å². The van der Waals surface area contributed by atoms with Crippen molar-refractivity contribution in [3.8, 4) is 0 Å². The van der Waals surface area contributed by atoms with E-state index in [0.29, 0.717) is 13.0 Å². The molecule has 0 spiro atoms. The standard InChI is InChI=1S/C15H22N2O3/c1-11-6-8-12(9-7-11)14(17(2)3)15(20)16-10-4-5-13(18)19/h6-9,14H,4-5,10H2,1-3H3,(H,16,20)(H,18,19)/t14-/m1/s1. The first-order valence-corrected chi connectivity index (χ1v) is 6.64. The van der Waals surface area contributed by atoms with E-state index < -0.39 is 5.97 Å². The molecule has 1 atom stereocenters. The number of nitrogens with zero attached hydrogens (tertiary/aromatic N) is 1. The summed E-state index contributed by atoms with van der Waals surface area (Å²) in [4.78, 5) is 24.5. The molecule has 0 radical (unpaired) electrons. The summed E-state index contributed by atoms with van der Waals surface area (Å²) < 4.78 is 0. The number of carbonyl (C=O) groups excluding carboxylic acids is 1. The van der Waals surface area contributed by atoms with Gasteiger partial charge in [-0.05, 0) is 33.0 Å². The number of hydrogen-bond acceptors (Lipinski definition) is 3. The fourth-order valence-corrected chi connectivity index (χ4v) is 1.98. The molecular weight excluding hydrogens is 256 g/mol. The number of benzene rings is 1. The lowest BCUT2D eigenvalue weighted by molar-refractivity contribution is -0.137. The van der Waals surface area contributed by atoms with Gasteiger partial charge in [0.2, 0.25) is 5.91 Å². The Kier molecular flexibility index (Phi) is 6.18. The highest BCUT2D eigenvalue weighted by atomic mass is 16.4. The molecular formula is C15H22N2O3. The summed E-state index contributed by atoms with van der Waals surface area (Å²) in [5.41, 5.74) is 2.07. The van der Waals surface area contributed by atoms with E-state index in [1.807, 2.05) is 50.2 Å². The van der Waals surface area contributed by atoms with Crippen LogP contribution >= 0.6 is 0 Å². The van der Waals surface area contributed by atoms with Crippen molar-refractivity contribution < 1.29 is 14.7 Å². The van der Waals surface area contributed by atoms with Crippen molar-refractivity contribution in [2.75, 3.05) is 20.6 Å². The first-order chi connectivity index (χ1) is 9.41. The Hall–Kier alpha value is -1.88. The Balaban J connectivity index is 2.64. The summed E-state index contributed by atoms with van der Waals surface area (Å²) in [6.07, 6.45) is 0.507. The summed E-state index contributed by atoms with van der Waals surface area (Å²) in [5, 5.41) is 11.3. The van der Waals surface area contributed by atoms with Crippen LogP contribution in [0, 0.1) is 6.92 Å². The van der Waals surface area contributed by atoms with Gasteiger partial charge in [-0.1, -0.05) is 29.8 Å². The second-order valence-electron chi connectivity index (χ2n) is 5.07. The molecule has 1 rings (SSSR count). The number of carbonyl (C=O) groups is 2. The van der Waals surface area contributed by atoms with Crippen LogP contribution in [0.3, 0.4) is 0 Å². The zero-order valence-electron chi connectivity index (χ0n) is 12.2. The second-order valence-corrected chi connectivity index (χ2v) is 5.07. The van der Waals surface area contributed by atoms with Crippen LogP contribution in [0.15, 0.2) is 24.3 Å². The van der Waals surface area contributed by atoms with Crippen molar-refractivity contribution in [1.29, 1.82) is 0 Å². The molecule has 2 N–H and O–H groups in total. The third-order valence-electron chi connectivity index (χ3n) is 3.02. The molecule has 0 saturated heterocycles. The van der Waals surface area contributed by atoms with E-state index in [2.05, 4.69) is 5.32 Å². The minimum atomic E-state index is -0.845. The summed E-state index contributed by atoms with van der Waals surface area (Å²) in [5.74, 6) is -0.953. The maximum absolute atomic E-state index is 12.2. The van der Waals surface area contributed by atoms with Gasteiger partial charge in [-0.25, -0.2) is 0 Å². The first-order valence-electron chi connectivity index (χ1n) is 6.64. The Labute approximate surface area is 119 Å². The fraction of sp³-hybridized carbons (Fsp3) is 0.467. The third kappa shape index (κ3) is 5.01. The normalized spacial score (nSPS) is 12.2. The highest BCUT2D eigenvalue weighted by Gasteiger charge is 2.22. The molecule has 110 valence electrons. The topological polar surface area (TPSA) is 69.6 Å². The number of carboxylic acids is 1. The molecule has 0 aromatic heterocycles. The highest BCUT2D eigenvalue weighted by Crippen LogP contribution is 2.18. The average molecular weight is 278 g/mol. The first kappa shape index (κ1) is 16.2. The molecule has 20 heavy (non-hydrogen) atoms. The van der Waals surface area contributed by atoms with Gasteiger partial charge in [0.25, 0.3) is 0 Å². The molecule has 1 aromatic rings. The lowest BCUT2D eigenvalue weighted by Crippen LogP contribution is -2.37. The van der Waals surface area contributed by atoms with Crippen LogP contribution in [0.1, 0.15) is 30.0 Å². The number of likely N-dealkylation sites (N-methyl/N-ethyl adjacent to an activating group) is 1. The number of aliphatic carboxylic acids is 1. The Morgan fingerprint density at radius 1 is 1.25 bits per heavy atom. The van der Waals surface area contributed by atoms with Gasteiger partial charge in [-0.2, -0.15) is 0 Å². The fourth-order valence-electron chi connectivity index (χ4n) is 1.98. The number of amides is 1. The van der Waals surface area contributed by atoms with Gasteiger partial charge in [0, 0.05) is 13.0 Å². The average Bonchev–Trinajstić information content (AvgIpc) is 2.36. The Morgan fingerprint density at radius 3 is 2.35 bits per heavy atom. The van der Waals surface area contributed by atoms with Gasteiger partial charge in [0.05, 0.1) is 0 Å². The van der Waals surface area contributed by atoms with Crippen molar-refractivity contribution in [1.82, 2.24) is 10.2 Å². The van der Waals surface area contributed by atoms with E-state index in [1.165, 1.54) is 0 Å². The second kappa shape index (κ2) is 7.65. The lowest BCUT2D eigenvalue weighted by Gasteiger charge is -2.24. The molecule has 0 saturated carbocycles. The minimum Gasteiger partial charge on any atom is -0.481 e. The van der Waals surface area contributed by atoms with E-state index in [4.69, 9.17) is 5.11 Å². The molecule has 0 aliphatic rings. The largest absolute Gasteiger partial charge is 0.481 e. The molecule has 0 aliphatic carbocycles. The van der Waals surface area contributed by atoms with Crippen molar-refractivity contribution in [2.45, 2.75) is 25.8 Å².